The number of rotatable bonds is 7. The van der Waals surface area contributed by atoms with Crippen LogP contribution in [-0.4, -0.2) is 64.2 Å². The number of nitrogens with zero attached hydrogens (tertiary/aromatic N) is 3. The molecule has 1 aromatic rings. The van der Waals surface area contributed by atoms with E-state index in [1.165, 1.54) is 6.92 Å². The molecule has 0 aliphatic carbocycles. The zero-order chi connectivity index (χ0) is 19.1. The van der Waals surface area contributed by atoms with Crippen LogP contribution >= 0.6 is 0 Å². The first-order chi connectivity index (χ1) is 12.5. The maximum Gasteiger partial charge on any atom is 0.245 e. The summed E-state index contributed by atoms with van der Waals surface area (Å²) in [4.78, 5) is 44.1. The summed E-state index contributed by atoms with van der Waals surface area (Å²) in [6.07, 6.45) is 4.89. The molecule has 1 saturated heterocycles. The first-order valence-electron chi connectivity index (χ1n) is 9.20. The lowest BCUT2D eigenvalue weighted by Gasteiger charge is -2.28. The van der Waals surface area contributed by atoms with Crippen molar-refractivity contribution in [3.05, 3.63) is 30.1 Å². The van der Waals surface area contributed by atoms with E-state index in [0.29, 0.717) is 38.9 Å². The second kappa shape index (κ2) is 9.31. The highest BCUT2D eigenvalue weighted by Crippen LogP contribution is 2.20. The molecule has 2 rings (SSSR count). The summed E-state index contributed by atoms with van der Waals surface area (Å²) in [5.41, 5.74) is 1.06. The number of amides is 3. The van der Waals surface area contributed by atoms with Crippen molar-refractivity contribution in [2.24, 2.45) is 0 Å². The van der Waals surface area contributed by atoms with E-state index in [2.05, 4.69) is 10.3 Å². The number of aromatic nitrogens is 1. The summed E-state index contributed by atoms with van der Waals surface area (Å²) in [6, 6.07) is 3.10. The van der Waals surface area contributed by atoms with Crippen molar-refractivity contribution >= 4 is 17.7 Å². The van der Waals surface area contributed by atoms with Gasteiger partial charge in [-0.3, -0.25) is 19.4 Å². The van der Waals surface area contributed by atoms with Gasteiger partial charge in [-0.25, -0.2) is 0 Å². The Morgan fingerprint density at radius 3 is 2.46 bits per heavy atom. The zero-order valence-corrected chi connectivity index (χ0v) is 15.8. The van der Waals surface area contributed by atoms with Crippen molar-refractivity contribution in [2.45, 2.75) is 52.1 Å². The van der Waals surface area contributed by atoms with Crippen LogP contribution in [0, 0.1) is 0 Å². The summed E-state index contributed by atoms with van der Waals surface area (Å²) in [5, 5.41) is 2.97. The number of aryl methyl sites for hydroxylation is 1. The number of nitrogens with one attached hydrogen (secondary N) is 1. The van der Waals surface area contributed by atoms with Gasteiger partial charge in [0.25, 0.3) is 0 Å². The van der Waals surface area contributed by atoms with Gasteiger partial charge >= 0.3 is 0 Å². The lowest BCUT2D eigenvalue weighted by atomic mass is 10.1. The van der Waals surface area contributed by atoms with E-state index in [-0.39, 0.29) is 23.8 Å². The van der Waals surface area contributed by atoms with Crippen LogP contribution in [-0.2, 0) is 20.8 Å². The largest absolute Gasteiger partial charge is 0.351 e. The Morgan fingerprint density at radius 1 is 1.23 bits per heavy atom. The van der Waals surface area contributed by atoms with Gasteiger partial charge in [-0.1, -0.05) is 0 Å². The molecule has 2 atom stereocenters. The molecule has 7 heteroatoms. The van der Waals surface area contributed by atoms with Crippen LogP contribution in [0.4, 0.5) is 0 Å². The number of carbonyl (C=O) groups is 3. The Bertz CT molecular complexity index is 631. The summed E-state index contributed by atoms with van der Waals surface area (Å²) in [6.45, 7) is 6.92. The SMILES string of the molecule is CCN(CC)C(=O)[C@@H]1C[C@H](NC(=O)CCc2ccncc2)CN1C(C)=O. The van der Waals surface area contributed by atoms with Crippen molar-refractivity contribution in [2.75, 3.05) is 19.6 Å². The van der Waals surface area contributed by atoms with Crippen LogP contribution < -0.4 is 5.32 Å². The van der Waals surface area contributed by atoms with Crippen LogP contribution in [0.1, 0.15) is 39.2 Å². The molecule has 1 aliphatic rings. The van der Waals surface area contributed by atoms with Crippen molar-refractivity contribution < 1.29 is 14.4 Å². The van der Waals surface area contributed by atoms with Crippen molar-refractivity contribution in [1.29, 1.82) is 0 Å². The lowest BCUT2D eigenvalue weighted by molar-refractivity contribution is -0.142. The normalized spacial score (nSPS) is 19.3. The third kappa shape index (κ3) is 5.03. The van der Waals surface area contributed by atoms with Gasteiger partial charge in [-0.15, -0.1) is 0 Å². The smallest absolute Gasteiger partial charge is 0.245 e. The number of carbonyl (C=O) groups excluding carboxylic acids is 3. The molecule has 1 aromatic heterocycles. The maximum absolute atomic E-state index is 12.7. The number of hydrogen-bond donors (Lipinski definition) is 1. The average Bonchev–Trinajstić information content (AvgIpc) is 3.06. The number of likely N-dealkylation sites (tertiary alicyclic amines) is 1. The Morgan fingerprint density at radius 2 is 1.88 bits per heavy atom. The molecular weight excluding hydrogens is 332 g/mol. The molecule has 0 saturated carbocycles. The minimum absolute atomic E-state index is 0.0428. The van der Waals surface area contributed by atoms with Crippen LogP contribution in [0.2, 0.25) is 0 Å². The second-order valence-electron chi connectivity index (χ2n) is 6.55. The molecule has 7 nitrogen and oxygen atoms in total. The number of hydrogen-bond acceptors (Lipinski definition) is 4. The van der Waals surface area contributed by atoms with Crippen molar-refractivity contribution in [3.8, 4) is 0 Å². The van der Waals surface area contributed by atoms with E-state index < -0.39 is 6.04 Å². The van der Waals surface area contributed by atoms with Gasteiger partial charge in [0, 0.05) is 51.4 Å². The Labute approximate surface area is 154 Å². The third-order valence-corrected chi connectivity index (χ3v) is 4.82. The minimum atomic E-state index is -0.488. The first-order valence-corrected chi connectivity index (χ1v) is 9.20. The van der Waals surface area contributed by atoms with Crippen LogP contribution in [0.3, 0.4) is 0 Å². The molecule has 3 amide bonds. The molecule has 1 fully saturated rings. The summed E-state index contributed by atoms with van der Waals surface area (Å²) in [7, 11) is 0. The molecule has 1 N–H and O–H groups in total. The monoisotopic (exact) mass is 360 g/mol. The van der Waals surface area contributed by atoms with E-state index in [1.807, 2.05) is 26.0 Å². The highest BCUT2D eigenvalue weighted by Gasteiger charge is 2.40. The molecule has 1 aliphatic heterocycles. The molecule has 0 spiro atoms. The van der Waals surface area contributed by atoms with E-state index in [0.717, 1.165) is 5.56 Å². The molecule has 0 bridgehead atoms. The van der Waals surface area contributed by atoms with Gasteiger partial charge in [-0.2, -0.15) is 0 Å². The Kier molecular flexibility index (Phi) is 7.12. The van der Waals surface area contributed by atoms with Gasteiger partial charge in [0.2, 0.25) is 17.7 Å². The third-order valence-electron chi connectivity index (χ3n) is 4.82. The topological polar surface area (TPSA) is 82.6 Å². The van der Waals surface area contributed by atoms with E-state index in [1.54, 1.807) is 22.2 Å². The summed E-state index contributed by atoms with van der Waals surface area (Å²) < 4.78 is 0. The Balaban J connectivity index is 1.93. The van der Waals surface area contributed by atoms with Crippen molar-refractivity contribution in [3.63, 3.8) is 0 Å². The molecule has 0 aromatic carbocycles. The van der Waals surface area contributed by atoms with Crippen LogP contribution in [0.5, 0.6) is 0 Å². The van der Waals surface area contributed by atoms with E-state index in [9.17, 15) is 14.4 Å². The quantitative estimate of drug-likeness (QED) is 0.786. The summed E-state index contributed by atoms with van der Waals surface area (Å²) in [5.74, 6) is -0.242. The average molecular weight is 360 g/mol. The molecular formula is C19H28N4O3. The molecule has 0 unspecified atom stereocenters. The molecule has 2 heterocycles. The number of likely N-dealkylation sites (N-methyl/N-ethyl adjacent to an activating group) is 1. The fourth-order valence-electron chi connectivity index (χ4n) is 3.38. The molecule has 0 radical (unpaired) electrons. The van der Waals surface area contributed by atoms with Gasteiger partial charge in [-0.05, 0) is 44.4 Å². The number of pyridine rings is 1. The standard InChI is InChI=1S/C19H28N4O3/c1-4-22(5-2)19(26)17-12-16(13-23(17)14(3)24)21-18(25)7-6-15-8-10-20-11-9-15/h8-11,16-17H,4-7,12-13H2,1-3H3,(H,21,25)/t16-,17-/m0/s1. The first kappa shape index (κ1) is 19.9. The highest BCUT2D eigenvalue weighted by atomic mass is 16.2. The van der Waals surface area contributed by atoms with Gasteiger partial charge in [0.15, 0.2) is 0 Å². The lowest BCUT2D eigenvalue weighted by Crippen LogP contribution is -2.47. The van der Waals surface area contributed by atoms with Gasteiger partial charge in [0.05, 0.1) is 0 Å². The predicted octanol–water partition coefficient (Wildman–Crippen LogP) is 0.988. The fraction of sp³-hybridized carbons (Fsp3) is 0.579. The Hall–Kier alpha value is -2.44. The summed E-state index contributed by atoms with van der Waals surface area (Å²) >= 11 is 0. The minimum Gasteiger partial charge on any atom is -0.351 e. The van der Waals surface area contributed by atoms with E-state index in [4.69, 9.17) is 0 Å². The van der Waals surface area contributed by atoms with Gasteiger partial charge in [0.1, 0.15) is 6.04 Å². The van der Waals surface area contributed by atoms with Gasteiger partial charge < -0.3 is 15.1 Å². The maximum atomic E-state index is 12.7. The molecule has 26 heavy (non-hydrogen) atoms. The van der Waals surface area contributed by atoms with Crippen LogP contribution in [0.15, 0.2) is 24.5 Å². The molecule has 142 valence electrons. The fourth-order valence-corrected chi connectivity index (χ4v) is 3.38. The van der Waals surface area contributed by atoms with Crippen molar-refractivity contribution in [1.82, 2.24) is 20.1 Å². The second-order valence-corrected chi connectivity index (χ2v) is 6.55. The zero-order valence-electron chi connectivity index (χ0n) is 15.8. The predicted molar refractivity (Wildman–Crippen MR) is 98.2 cm³/mol. The van der Waals surface area contributed by atoms with Crippen LogP contribution in [0.25, 0.3) is 0 Å². The van der Waals surface area contributed by atoms with E-state index >= 15 is 0 Å². The highest BCUT2D eigenvalue weighted by molar-refractivity contribution is 5.88.